The monoisotopic (exact) mass is 475 g/mol. The lowest BCUT2D eigenvalue weighted by Gasteiger charge is -2.27. The van der Waals surface area contributed by atoms with E-state index in [1.54, 1.807) is 6.20 Å². The van der Waals surface area contributed by atoms with Crippen molar-refractivity contribution in [2.75, 3.05) is 30.8 Å². The SMILES string of the molecule is COC(=O)C1(C)c2ccc(NCCNc3ccc(-c4nc5ccc(Cl)cc5[nH]4)cn3)c(c2)C1C. The predicted molar refractivity (Wildman–Crippen MR) is 136 cm³/mol. The Labute approximate surface area is 202 Å². The summed E-state index contributed by atoms with van der Waals surface area (Å²) < 4.78 is 5.07. The zero-order chi connectivity index (χ0) is 23.9. The molecule has 4 aromatic rings. The quantitative estimate of drug-likeness (QED) is 0.246. The highest BCUT2D eigenvalue weighted by atomic mass is 35.5. The number of nitrogens with zero attached hydrogens (tertiary/aromatic N) is 2. The number of carbonyl (C=O) groups is 1. The van der Waals surface area contributed by atoms with Gasteiger partial charge in [-0.05, 0) is 54.4 Å². The number of imidazole rings is 1. The Morgan fingerprint density at radius 1 is 1.15 bits per heavy atom. The van der Waals surface area contributed by atoms with Crippen molar-refractivity contribution in [2.45, 2.75) is 25.2 Å². The summed E-state index contributed by atoms with van der Waals surface area (Å²) in [7, 11) is 1.44. The van der Waals surface area contributed by atoms with E-state index in [9.17, 15) is 4.79 Å². The molecular formula is C26H26ClN5O2. The molecule has 1 aliphatic rings. The van der Waals surface area contributed by atoms with Gasteiger partial charge in [0, 0.05) is 41.5 Å². The lowest BCUT2D eigenvalue weighted by atomic mass is 9.77. The van der Waals surface area contributed by atoms with Crippen molar-refractivity contribution in [1.82, 2.24) is 15.0 Å². The van der Waals surface area contributed by atoms with Gasteiger partial charge in [0.25, 0.3) is 0 Å². The van der Waals surface area contributed by atoms with Gasteiger partial charge in [0.15, 0.2) is 0 Å². The molecule has 0 aliphatic heterocycles. The molecule has 2 bridgehead atoms. The van der Waals surface area contributed by atoms with E-state index in [4.69, 9.17) is 16.3 Å². The third-order valence-electron chi connectivity index (χ3n) is 6.82. The number of esters is 1. The van der Waals surface area contributed by atoms with Crippen LogP contribution >= 0.6 is 11.6 Å². The van der Waals surface area contributed by atoms with Gasteiger partial charge < -0.3 is 20.4 Å². The minimum absolute atomic E-state index is 0.0453. The number of benzene rings is 2. The number of methoxy groups -OCH3 is 1. The van der Waals surface area contributed by atoms with Gasteiger partial charge in [-0.25, -0.2) is 9.97 Å². The minimum atomic E-state index is -0.639. The van der Waals surface area contributed by atoms with Crippen molar-refractivity contribution < 1.29 is 9.53 Å². The molecule has 0 saturated carbocycles. The molecule has 174 valence electrons. The Balaban J connectivity index is 1.18. The molecule has 0 radical (unpaired) electrons. The van der Waals surface area contributed by atoms with Gasteiger partial charge >= 0.3 is 5.97 Å². The summed E-state index contributed by atoms with van der Waals surface area (Å²) in [6.45, 7) is 5.43. The summed E-state index contributed by atoms with van der Waals surface area (Å²) in [5.74, 6) is 1.39. The number of aromatic nitrogens is 3. The van der Waals surface area contributed by atoms with Crippen LogP contribution in [0.3, 0.4) is 0 Å². The van der Waals surface area contributed by atoms with Crippen LogP contribution in [-0.4, -0.2) is 41.1 Å². The highest BCUT2D eigenvalue weighted by molar-refractivity contribution is 6.31. The molecule has 0 amide bonds. The van der Waals surface area contributed by atoms with Crippen LogP contribution in [0.4, 0.5) is 11.5 Å². The number of aromatic amines is 1. The van der Waals surface area contributed by atoms with Crippen molar-refractivity contribution in [3.63, 3.8) is 0 Å². The minimum Gasteiger partial charge on any atom is -0.468 e. The van der Waals surface area contributed by atoms with Crippen LogP contribution in [0.1, 0.15) is 30.9 Å². The van der Waals surface area contributed by atoms with Crippen molar-refractivity contribution in [2.24, 2.45) is 0 Å². The lowest BCUT2D eigenvalue weighted by Crippen LogP contribution is -2.35. The third kappa shape index (κ3) is 3.76. The fourth-order valence-corrected chi connectivity index (χ4v) is 4.79. The van der Waals surface area contributed by atoms with E-state index >= 15 is 0 Å². The molecule has 2 heterocycles. The number of hydrogen-bond acceptors (Lipinski definition) is 6. The molecule has 2 aromatic heterocycles. The number of H-pyrrole nitrogens is 1. The third-order valence-corrected chi connectivity index (χ3v) is 7.06. The first-order chi connectivity index (χ1) is 16.4. The van der Waals surface area contributed by atoms with Crippen LogP contribution in [0.5, 0.6) is 0 Å². The van der Waals surface area contributed by atoms with Crippen molar-refractivity contribution >= 4 is 40.1 Å². The van der Waals surface area contributed by atoms with Crippen LogP contribution in [-0.2, 0) is 14.9 Å². The smallest absolute Gasteiger partial charge is 0.316 e. The molecule has 8 heteroatoms. The summed E-state index contributed by atoms with van der Waals surface area (Å²) in [4.78, 5) is 24.8. The molecule has 2 aromatic carbocycles. The number of nitrogens with one attached hydrogen (secondary N) is 3. The van der Waals surface area contributed by atoms with E-state index in [-0.39, 0.29) is 11.9 Å². The topological polar surface area (TPSA) is 91.9 Å². The summed E-state index contributed by atoms with van der Waals surface area (Å²) in [6, 6.07) is 15.7. The first kappa shape index (κ1) is 22.2. The number of rotatable bonds is 7. The lowest BCUT2D eigenvalue weighted by molar-refractivity contribution is -0.147. The van der Waals surface area contributed by atoms with Crippen LogP contribution in [0.25, 0.3) is 22.4 Å². The summed E-state index contributed by atoms with van der Waals surface area (Å²) in [5, 5.41) is 7.49. The van der Waals surface area contributed by atoms with Gasteiger partial charge in [0.05, 0.1) is 23.6 Å². The van der Waals surface area contributed by atoms with E-state index < -0.39 is 5.41 Å². The zero-order valence-electron chi connectivity index (χ0n) is 19.3. The molecule has 2 atom stereocenters. The number of carbonyl (C=O) groups excluding carboxylic acids is 1. The van der Waals surface area contributed by atoms with Crippen molar-refractivity contribution in [3.8, 4) is 11.4 Å². The second kappa shape index (κ2) is 8.65. The fourth-order valence-electron chi connectivity index (χ4n) is 4.62. The second-order valence-electron chi connectivity index (χ2n) is 8.75. The maximum atomic E-state index is 12.4. The molecule has 1 aliphatic carbocycles. The molecule has 2 unspecified atom stereocenters. The van der Waals surface area contributed by atoms with E-state index in [1.807, 2.05) is 49.4 Å². The molecule has 7 nitrogen and oxygen atoms in total. The molecule has 5 rings (SSSR count). The Kier molecular flexibility index (Phi) is 5.65. The molecule has 3 N–H and O–H groups in total. The average molecular weight is 476 g/mol. The maximum absolute atomic E-state index is 12.4. The fraction of sp³-hybridized carbons (Fsp3) is 0.269. The van der Waals surface area contributed by atoms with E-state index in [0.29, 0.717) is 18.1 Å². The zero-order valence-corrected chi connectivity index (χ0v) is 20.0. The van der Waals surface area contributed by atoms with Gasteiger partial charge in [-0.2, -0.15) is 0 Å². The van der Waals surface area contributed by atoms with E-state index in [2.05, 4.69) is 38.6 Å². The molecule has 34 heavy (non-hydrogen) atoms. The van der Waals surface area contributed by atoms with E-state index in [0.717, 1.165) is 45.1 Å². The highest BCUT2D eigenvalue weighted by Gasteiger charge is 2.47. The average Bonchev–Trinajstić information content (AvgIpc) is 3.36. The van der Waals surface area contributed by atoms with Crippen LogP contribution < -0.4 is 10.6 Å². The Hall–Kier alpha value is -3.58. The summed E-state index contributed by atoms with van der Waals surface area (Å²) in [6.07, 6.45) is 1.80. The number of ether oxygens (including phenoxy) is 1. The number of hydrogen-bond donors (Lipinski definition) is 3. The Morgan fingerprint density at radius 3 is 2.74 bits per heavy atom. The molecule has 0 fully saturated rings. The van der Waals surface area contributed by atoms with Gasteiger partial charge in [-0.15, -0.1) is 0 Å². The standard InChI is InChI=1S/C26H26ClN5O2/c1-15-19-12-17(26(15,2)25(33)34-3)5-7-20(19)28-10-11-29-23-9-4-16(14-30-23)24-31-21-8-6-18(27)13-22(21)32-24/h4-9,12-15,28H,10-11H2,1-3H3,(H,29,30)(H,31,32). The first-order valence-electron chi connectivity index (χ1n) is 11.2. The Bertz CT molecular complexity index is 1370. The van der Waals surface area contributed by atoms with E-state index in [1.165, 1.54) is 7.11 Å². The number of pyridine rings is 1. The number of anilines is 2. The van der Waals surface area contributed by atoms with Gasteiger partial charge in [-0.1, -0.05) is 30.7 Å². The predicted octanol–water partition coefficient (Wildman–Crippen LogP) is 5.35. The molecule has 0 saturated heterocycles. The summed E-state index contributed by atoms with van der Waals surface area (Å²) in [5.41, 5.74) is 5.21. The normalized spacial score (nSPS) is 18.8. The summed E-state index contributed by atoms with van der Waals surface area (Å²) >= 11 is 6.06. The molecule has 0 spiro atoms. The van der Waals surface area contributed by atoms with Crippen LogP contribution in [0.2, 0.25) is 5.02 Å². The largest absolute Gasteiger partial charge is 0.468 e. The van der Waals surface area contributed by atoms with Crippen molar-refractivity contribution in [3.05, 3.63) is 70.9 Å². The first-order valence-corrected chi connectivity index (χ1v) is 11.6. The maximum Gasteiger partial charge on any atom is 0.316 e. The number of fused-ring (bicyclic) bond motifs is 3. The van der Waals surface area contributed by atoms with Gasteiger partial charge in [0.2, 0.25) is 0 Å². The second-order valence-corrected chi connectivity index (χ2v) is 9.19. The van der Waals surface area contributed by atoms with Crippen molar-refractivity contribution in [1.29, 1.82) is 0 Å². The molecular weight excluding hydrogens is 450 g/mol. The number of halogens is 1. The van der Waals surface area contributed by atoms with Gasteiger partial charge in [0.1, 0.15) is 11.6 Å². The Morgan fingerprint density at radius 2 is 1.97 bits per heavy atom. The van der Waals surface area contributed by atoms with Crippen LogP contribution in [0.15, 0.2) is 54.7 Å². The highest BCUT2D eigenvalue weighted by Crippen LogP contribution is 2.48. The van der Waals surface area contributed by atoms with Crippen LogP contribution in [0, 0.1) is 0 Å². The van der Waals surface area contributed by atoms with Gasteiger partial charge in [-0.3, -0.25) is 4.79 Å².